The second-order valence-corrected chi connectivity index (χ2v) is 8.38. The Hall–Kier alpha value is -0.770. The SMILES string of the molecule is CC(C)(C)OC(=O)N1CCC2(CC1)CC(CC1CC1)CN2. The quantitative estimate of drug-likeness (QED) is 0.850. The molecule has 1 aliphatic carbocycles. The van der Waals surface area contributed by atoms with Crippen molar-refractivity contribution in [3.05, 3.63) is 0 Å². The maximum Gasteiger partial charge on any atom is 0.410 e. The first-order valence-corrected chi connectivity index (χ1v) is 8.58. The van der Waals surface area contributed by atoms with Crippen LogP contribution in [0.4, 0.5) is 4.79 Å². The van der Waals surface area contributed by atoms with Gasteiger partial charge in [-0.3, -0.25) is 0 Å². The molecule has 0 bridgehead atoms. The number of hydrogen-bond acceptors (Lipinski definition) is 3. The van der Waals surface area contributed by atoms with Gasteiger partial charge in [-0.25, -0.2) is 4.79 Å². The van der Waals surface area contributed by atoms with Gasteiger partial charge in [0.2, 0.25) is 0 Å². The molecule has 1 atom stereocenters. The minimum Gasteiger partial charge on any atom is -0.444 e. The normalized spacial score (nSPS) is 28.9. The van der Waals surface area contributed by atoms with E-state index in [1.807, 2.05) is 25.7 Å². The zero-order valence-corrected chi connectivity index (χ0v) is 13.8. The highest BCUT2D eigenvalue weighted by Gasteiger charge is 2.43. The van der Waals surface area contributed by atoms with Gasteiger partial charge in [-0.05, 0) is 64.8 Å². The molecule has 2 heterocycles. The van der Waals surface area contributed by atoms with Crippen molar-refractivity contribution >= 4 is 6.09 Å². The minimum atomic E-state index is -0.396. The Bertz CT molecular complexity index is 390. The number of nitrogens with zero attached hydrogens (tertiary/aromatic N) is 1. The van der Waals surface area contributed by atoms with Crippen LogP contribution in [-0.4, -0.2) is 41.8 Å². The molecule has 4 heteroatoms. The summed E-state index contributed by atoms with van der Waals surface area (Å²) in [7, 11) is 0. The van der Waals surface area contributed by atoms with Gasteiger partial charge in [0.25, 0.3) is 0 Å². The van der Waals surface area contributed by atoms with Crippen molar-refractivity contribution < 1.29 is 9.53 Å². The van der Waals surface area contributed by atoms with Crippen molar-refractivity contribution in [3.63, 3.8) is 0 Å². The average Bonchev–Trinajstić information content (AvgIpc) is 3.11. The molecule has 4 nitrogen and oxygen atoms in total. The number of ether oxygens (including phenoxy) is 1. The number of rotatable bonds is 2. The smallest absolute Gasteiger partial charge is 0.410 e. The molecular formula is C17H30N2O2. The third-order valence-electron chi connectivity index (χ3n) is 5.18. The van der Waals surface area contributed by atoms with Crippen LogP contribution >= 0.6 is 0 Å². The monoisotopic (exact) mass is 294 g/mol. The van der Waals surface area contributed by atoms with Crippen molar-refractivity contribution in [2.45, 2.75) is 70.4 Å². The van der Waals surface area contributed by atoms with Crippen molar-refractivity contribution in [2.24, 2.45) is 11.8 Å². The second-order valence-electron chi connectivity index (χ2n) is 8.38. The van der Waals surface area contributed by atoms with Gasteiger partial charge in [-0.1, -0.05) is 12.8 Å². The van der Waals surface area contributed by atoms with E-state index in [9.17, 15) is 4.79 Å². The Morgan fingerprint density at radius 2 is 1.90 bits per heavy atom. The molecule has 1 unspecified atom stereocenters. The Balaban J connectivity index is 1.47. The number of carbonyl (C=O) groups is 1. The molecule has 21 heavy (non-hydrogen) atoms. The number of carbonyl (C=O) groups excluding carboxylic acids is 1. The predicted molar refractivity (Wildman–Crippen MR) is 83.2 cm³/mol. The molecule has 0 aromatic rings. The van der Waals surface area contributed by atoms with Gasteiger partial charge in [0, 0.05) is 18.6 Å². The average molecular weight is 294 g/mol. The van der Waals surface area contributed by atoms with Gasteiger partial charge >= 0.3 is 6.09 Å². The van der Waals surface area contributed by atoms with Crippen LogP contribution in [0.15, 0.2) is 0 Å². The van der Waals surface area contributed by atoms with E-state index in [0.717, 1.165) is 37.8 Å². The Morgan fingerprint density at radius 1 is 1.24 bits per heavy atom. The van der Waals surface area contributed by atoms with E-state index in [0.29, 0.717) is 5.54 Å². The molecule has 120 valence electrons. The van der Waals surface area contributed by atoms with Crippen LogP contribution < -0.4 is 5.32 Å². The maximum absolute atomic E-state index is 12.1. The van der Waals surface area contributed by atoms with Crippen LogP contribution in [-0.2, 0) is 4.74 Å². The van der Waals surface area contributed by atoms with Crippen LogP contribution in [0.25, 0.3) is 0 Å². The molecule has 1 N–H and O–H groups in total. The van der Waals surface area contributed by atoms with E-state index in [4.69, 9.17) is 4.74 Å². The lowest BCUT2D eigenvalue weighted by molar-refractivity contribution is 0.0156. The summed E-state index contributed by atoms with van der Waals surface area (Å²) in [5, 5.41) is 3.78. The maximum atomic E-state index is 12.1. The highest BCUT2D eigenvalue weighted by atomic mass is 16.6. The van der Waals surface area contributed by atoms with E-state index in [1.165, 1.54) is 32.2 Å². The van der Waals surface area contributed by atoms with E-state index < -0.39 is 5.60 Å². The van der Waals surface area contributed by atoms with Gasteiger partial charge in [-0.15, -0.1) is 0 Å². The molecule has 3 fully saturated rings. The fourth-order valence-corrected chi connectivity index (χ4v) is 3.87. The van der Waals surface area contributed by atoms with E-state index in [-0.39, 0.29) is 6.09 Å². The first-order chi connectivity index (χ1) is 9.85. The van der Waals surface area contributed by atoms with Gasteiger partial charge in [0.15, 0.2) is 0 Å². The van der Waals surface area contributed by atoms with E-state index in [2.05, 4.69) is 5.32 Å². The molecule has 0 aromatic carbocycles. The molecular weight excluding hydrogens is 264 g/mol. The predicted octanol–water partition coefficient (Wildman–Crippen LogP) is 3.17. The zero-order chi connectivity index (χ0) is 15.1. The molecule has 2 saturated heterocycles. The largest absolute Gasteiger partial charge is 0.444 e. The summed E-state index contributed by atoms with van der Waals surface area (Å²) >= 11 is 0. The molecule has 0 radical (unpaired) electrons. The lowest BCUT2D eigenvalue weighted by Gasteiger charge is -2.40. The van der Waals surface area contributed by atoms with Crippen LogP contribution in [0.3, 0.4) is 0 Å². The van der Waals surface area contributed by atoms with Crippen LogP contribution in [0.2, 0.25) is 0 Å². The molecule has 1 spiro atoms. The molecule has 2 aliphatic heterocycles. The Morgan fingerprint density at radius 3 is 2.48 bits per heavy atom. The minimum absolute atomic E-state index is 0.148. The Labute approximate surface area is 128 Å². The number of piperidine rings is 1. The van der Waals surface area contributed by atoms with E-state index in [1.54, 1.807) is 0 Å². The van der Waals surface area contributed by atoms with Crippen LogP contribution in [0.1, 0.15) is 59.3 Å². The summed E-state index contributed by atoms with van der Waals surface area (Å²) in [5.74, 6) is 1.89. The molecule has 1 saturated carbocycles. The first kappa shape index (κ1) is 15.1. The van der Waals surface area contributed by atoms with Crippen LogP contribution in [0, 0.1) is 11.8 Å². The molecule has 1 amide bonds. The van der Waals surface area contributed by atoms with Crippen molar-refractivity contribution in [2.75, 3.05) is 19.6 Å². The number of amides is 1. The number of nitrogens with one attached hydrogen (secondary N) is 1. The lowest BCUT2D eigenvalue weighted by Crippen LogP contribution is -2.52. The summed E-state index contributed by atoms with van der Waals surface area (Å²) in [6.45, 7) is 8.63. The molecule has 3 rings (SSSR count). The van der Waals surface area contributed by atoms with Crippen molar-refractivity contribution in [1.82, 2.24) is 10.2 Å². The fraction of sp³-hybridized carbons (Fsp3) is 0.941. The highest BCUT2D eigenvalue weighted by molar-refractivity contribution is 5.68. The third-order valence-corrected chi connectivity index (χ3v) is 5.18. The van der Waals surface area contributed by atoms with Crippen molar-refractivity contribution in [1.29, 1.82) is 0 Å². The van der Waals surface area contributed by atoms with Gasteiger partial charge in [0.05, 0.1) is 0 Å². The third kappa shape index (κ3) is 3.91. The summed E-state index contributed by atoms with van der Waals surface area (Å²) in [6.07, 6.45) is 7.65. The second kappa shape index (κ2) is 5.45. The summed E-state index contributed by atoms with van der Waals surface area (Å²) in [4.78, 5) is 14.0. The lowest BCUT2D eigenvalue weighted by atomic mass is 9.82. The topological polar surface area (TPSA) is 41.6 Å². The summed E-state index contributed by atoms with van der Waals surface area (Å²) in [5.41, 5.74) is -0.0920. The van der Waals surface area contributed by atoms with Crippen LogP contribution in [0.5, 0.6) is 0 Å². The summed E-state index contributed by atoms with van der Waals surface area (Å²) in [6, 6.07) is 0. The Kier molecular flexibility index (Phi) is 3.93. The fourth-order valence-electron chi connectivity index (χ4n) is 3.87. The standard InChI is InChI=1S/C17H30N2O2/c1-16(2,3)21-15(20)19-8-6-17(7-9-19)11-14(12-18-17)10-13-4-5-13/h13-14,18H,4-12H2,1-3H3. The van der Waals surface area contributed by atoms with Gasteiger partial charge < -0.3 is 15.0 Å². The number of likely N-dealkylation sites (tertiary alicyclic amines) is 1. The number of hydrogen-bond donors (Lipinski definition) is 1. The molecule has 3 aliphatic rings. The highest BCUT2D eigenvalue weighted by Crippen LogP contribution is 2.42. The van der Waals surface area contributed by atoms with Gasteiger partial charge in [0.1, 0.15) is 5.60 Å². The van der Waals surface area contributed by atoms with Crippen molar-refractivity contribution in [3.8, 4) is 0 Å². The van der Waals surface area contributed by atoms with E-state index >= 15 is 0 Å². The zero-order valence-electron chi connectivity index (χ0n) is 13.8. The van der Waals surface area contributed by atoms with Gasteiger partial charge in [-0.2, -0.15) is 0 Å². The molecule has 0 aromatic heterocycles. The first-order valence-electron chi connectivity index (χ1n) is 8.58. The summed E-state index contributed by atoms with van der Waals surface area (Å²) < 4.78 is 5.48.